The maximum absolute atomic E-state index is 11.6. The Balaban J connectivity index is 1.54. The Kier molecular flexibility index (Phi) is 3.37. The monoisotopic (exact) mass is 271 g/mol. The highest BCUT2D eigenvalue weighted by Gasteiger charge is 2.29. The van der Waals surface area contributed by atoms with Crippen molar-refractivity contribution in [2.75, 3.05) is 10.6 Å². The van der Waals surface area contributed by atoms with Gasteiger partial charge in [-0.05, 0) is 37.1 Å². The summed E-state index contributed by atoms with van der Waals surface area (Å²) in [6.45, 7) is 0.627. The summed E-state index contributed by atoms with van der Waals surface area (Å²) in [7, 11) is 1.84. The Bertz CT molecular complexity index is 600. The van der Waals surface area contributed by atoms with Crippen LogP contribution in [0.25, 0.3) is 0 Å². The van der Waals surface area contributed by atoms with Gasteiger partial charge in [0.2, 0.25) is 5.91 Å². The van der Waals surface area contributed by atoms with E-state index in [0.29, 0.717) is 6.54 Å². The SMILES string of the molecule is Cn1cc(CNc2ccc(NC(=O)C3CC3)cc2)nn1. The van der Waals surface area contributed by atoms with Crippen molar-refractivity contribution in [3.05, 3.63) is 36.2 Å². The second-order valence-corrected chi connectivity index (χ2v) is 5.08. The minimum absolute atomic E-state index is 0.130. The smallest absolute Gasteiger partial charge is 0.227 e. The summed E-state index contributed by atoms with van der Waals surface area (Å²) < 4.78 is 1.67. The second-order valence-electron chi connectivity index (χ2n) is 5.08. The van der Waals surface area contributed by atoms with Gasteiger partial charge in [0.15, 0.2) is 0 Å². The van der Waals surface area contributed by atoms with E-state index in [9.17, 15) is 4.79 Å². The van der Waals surface area contributed by atoms with Gasteiger partial charge in [-0.3, -0.25) is 9.48 Å². The number of nitrogens with one attached hydrogen (secondary N) is 2. The van der Waals surface area contributed by atoms with Crippen LogP contribution in [0.3, 0.4) is 0 Å². The molecule has 1 heterocycles. The molecule has 0 atom stereocenters. The van der Waals surface area contributed by atoms with Gasteiger partial charge in [-0.15, -0.1) is 5.10 Å². The largest absolute Gasteiger partial charge is 0.379 e. The molecule has 0 aliphatic heterocycles. The molecule has 1 aliphatic carbocycles. The number of amides is 1. The minimum Gasteiger partial charge on any atom is -0.379 e. The maximum Gasteiger partial charge on any atom is 0.227 e. The van der Waals surface area contributed by atoms with Crippen LogP contribution in [0.15, 0.2) is 30.5 Å². The molecule has 0 unspecified atom stereocenters. The molecule has 6 heteroatoms. The molecule has 0 spiro atoms. The summed E-state index contributed by atoms with van der Waals surface area (Å²) >= 11 is 0. The molecule has 20 heavy (non-hydrogen) atoms. The minimum atomic E-state index is 0.130. The summed E-state index contributed by atoms with van der Waals surface area (Å²) in [5.41, 5.74) is 2.71. The molecule has 3 rings (SSSR count). The summed E-state index contributed by atoms with van der Waals surface area (Å²) in [5, 5.41) is 14.1. The number of nitrogens with zero attached hydrogens (tertiary/aromatic N) is 3. The van der Waals surface area contributed by atoms with Gasteiger partial charge in [-0.25, -0.2) is 0 Å². The van der Waals surface area contributed by atoms with Gasteiger partial charge in [0, 0.05) is 30.5 Å². The zero-order chi connectivity index (χ0) is 13.9. The zero-order valence-corrected chi connectivity index (χ0v) is 11.3. The first kappa shape index (κ1) is 12.7. The Hall–Kier alpha value is -2.37. The van der Waals surface area contributed by atoms with Crippen LogP contribution < -0.4 is 10.6 Å². The quantitative estimate of drug-likeness (QED) is 0.869. The molecular formula is C14H17N5O. The van der Waals surface area contributed by atoms with Crippen LogP contribution in [0.2, 0.25) is 0 Å². The Morgan fingerprint density at radius 1 is 1.30 bits per heavy atom. The van der Waals surface area contributed by atoms with E-state index in [1.54, 1.807) is 4.68 Å². The van der Waals surface area contributed by atoms with E-state index in [1.807, 2.05) is 37.5 Å². The van der Waals surface area contributed by atoms with Gasteiger partial charge in [-0.2, -0.15) is 0 Å². The van der Waals surface area contributed by atoms with Crippen LogP contribution >= 0.6 is 0 Å². The third-order valence-electron chi connectivity index (χ3n) is 3.22. The molecule has 1 fully saturated rings. The lowest BCUT2D eigenvalue weighted by atomic mass is 10.2. The standard InChI is InChI=1S/C14H17N5O/c1-19-9-13(17-18-19)8-15-11-4-6-12(7-5-11)16-14(20)10-2-3-10/h4-7,9-10,15H,2-3,8H2,1H3,(H,16,20). The van der Waals surface area contributed by atoms with E-state index in [0.717, 1.165) is 29.9 Å². The van der Waals surface area contributed by atoms with Crippen molar-refractivity contribution in [3.8, 4) is 0 Å². The van der Waals surface area contributed by atoms with Crippen molar-refractivity contribution in [1.82, 2.24) is 15.0 Å². The number of carbonyl (C=O) groups is 1. The Morgan fingerprint density at radius 3 is 2.60 bits per heavy atom. The van der Waals surface area contributed by atoms with Gasteiger partial charge in [0.1, 0.15) is 5.69 Å². The summed E-state index contributed by atoms with van der Waals surface area (Å²) in [4.78, 5) is 11.6. The molecule has 0 saturated heterocycles. The number of carbonyl (C=O) groups excluding carboxylic acids is 1. The third kappa shape index (κ3) is 3.14. The molecule has 2 aromatic rings. The number of rotatable bonds is 5. The molecular weight excluding hydrogens is 254 g/mol. The normalized spacial score (nSPS) is 14.1. The average Bonchev–Trinajstić information content (AvgIpc) is 3.22. The van der Waals surface area contributed by atoms with Crippen LogP contribution in [-0.2, 0) is 18.4 Å². The predicted molar refractivity (Wildman–Crippen MR) is 76.1 cm³/mol. The number of benzene rings is 1. The maximum atomic E-state index is 11.6. The molecule has 0 radical (unpaired) electrons. The van der Waals surface area contributed by atoms with E-state index in [1.165, 1.54) is 0 Å². The van der Waals surface area contributed by atoms with Crippen molar-refractivity contribution in [2.45, 2.75) is 19.4 Å². The van der Waals surface area contributed by atoms with Crippen molar-refractivity contribution in [3.63, 3.8) is 0 Å². The number of hydrogen-bond acceptors (Lipinski definition) is 4. The zero-order valence-electron chi connectivity index (χ0n) is 11.3. The molecule has 1 aromatic carbocycles. The first-order chi connectivity index (χ1) is 9.70. The lowest BCUT2D eigenvalue weighted by Crippen LogP contribution is -2.13. The molecule has 0 bridgehead atoms. The van der Waals surface area contributed by atoms with E-state index >= 15 is 0 Å². The van der Waals surface area contributed by atoms with Gasteiger partial charge >= 0.3 is 0 Å². The fourth-order valence-electron chi connectivity index (χ4n) is 1.93. The van der Waals surface area contributed by atoms with E-state index in [-0.39, 0.29) is 11.8 Å². The Morgan fingerprint density at radius 2 is 2.00 bits per heavy atom. The molecule has 6 nitrogen and oxygen atoms in total. The third-order valence-corrected chi connectivity index (χ3v) is 3.22. The second kappa shape index (κ2) is 5.32. The molecule has 1 amide bonds. The first-order valence-electron chi connectivity index (χ1n) is 6.71. The lowest BCUT2D eigenvalue weighted by molar-refractivity contribution is -0.117. The number of anilines is 2. The first-order valence-corrected chi connectivity index (χ1v) is 6.71. The summed E-state index contributed by atoms with van der Waals surface area (Å²) in [6.07, 6.45) is 3.91. The van der Waals surface area contributed by atoms with Crippen LogP contribution in [0.1, 0.15) is 18.5 Å². The average molecular weight is 271 g/mol. The van der Waals surface area contributed by atoms with Crippen molar-refractivity contribution in [1.29, 1.82) is 0 Å². The van der Waals surface area contributed by atoms with Crippen molar-refractivity contribution >= 4 is 17.3 Å². The highest BCUT2D eigenvalue weighted by atomic mass is 16.2. The summed E-state index contributed by atoms with van der Waals surface area (Å²) in [5.74, 6) is 0.356. The highest BCUT2D eigenvalue weighted by Crippen LogP contribution is 2.30. The highest BCUT2D eigenvalue weighted by molar-refractivity contribution is 5.94. The predicted octanol–water partition coefficient (Wildman–Crippen LogP) is 1.78. The van der Waals surface area contributed by atoms with Gasteiger partial charge < -0.3 is 10.6 Å². The number of aromatic nitrogens is 3. The van der Waals surface area contributed by atoms with Crippen LogP contribution in [0.5, 0.6) is 0 Å². The van der Waals surface area contributed by atoms with Crippen LogP contribution in [-0.4, -0.2) is 20.9 Å². The molecule has 104 valence electrons. The van der Waals surface area contributed by atoms with E-state index in [4.69, 9.17) is 0 Å². The fraction of sp³-hybridized carbons (Fsp3) is 0.357. The molecule has 1 saturated carbocycles. The number of aryl methyl sites for hydroxylation is 1. The number of hydrogen-bond donors (Lipinski definition) is 2. The Labute approximate surface area is 117 Å². The molecule has 1 aromatic heterocycles. The van der Waals surface area contributed by atoms with Crippen molar-refractivity contribution < 1.29 is 4.79 Å². The fourth-order valence-corrected chi connectivity index (χ4v) is 1.93. The van der Waals surface area contributed by atoms with E-state index in [2.05, 4.69) is 20.9 Å². The van der Waals surface area contributed by atoms with Gasteiger partial charge in [0.25, 0.3) is 0 Å². The van der Waals surface area contributed by atoms with Crippen LogP contribution in [0.4, 0.5) is 11.4 Å². The van der Waals surface area contributed by atoms with E-state index < -0.39 is 0 Å². The van der Waals surface area contributed by atoms with Crippen LogP contribution in [0, 0.1) is 5.92 Å². The molecule has 2 N–H and O–H groups in total. The lowest BCUT2D eigenvalue weighted by Gasteiger charge is -2.07. The topological polar surface area (TPSA) is 71.8 Å². The molecule has 1 aliphatic rings. The van der Waals surface area contributed by atoms with Crippen molar-refractivity contribution in [2.24, 2.45) is 13.0 Å². The summed E-state index contributed by atoms with van der Waals surface area (Å²) in [6, 6.07) is 7.69. The van der Waals surface area contributed by atoms with Gasteiger partial charge in [-0.1, -0.05) is 5.21 Å². The van der Waals surface area contributed by atoms with Gasteiger partial charge in [0.05, 0.1) is 6.54 Å².